The molecule has 0 spiro atoms. The van der Waals surface area contributed by atoms with Crippen LogP contribution in [0.5, 0.6) is 0 Å². The Bertz CT molecular complexity index is 984. The lowest BCUT2D eigenvalue weighted by Crippen LogP contribution is -2.39. The van der Waals surface area contributed by atoms with Gasteiger partial charge in [0, 0.05) is 0 Å². The Hall–Kier alpha value is -2.66. The van der Waals surface area contributed by atoms with Crippen molar-refractivity contribution in [2.75, 3.05) is 14.1 Å². The van der Waals surface area contributed by atoms with Gasteiger partial charge in [0.15, 0.2) is 0 Å². The summed E-state index contributed by atoms with van der Waals surface area (Å²) < 4.78 is 1.29. The molecule has 5 nitrogen and oxygen atoms in total. The first kappa shape index (κ1) is 17.2. The van der Waals surface area contributed by atoms with Crippen molar-refractivity contribution in [3.63, 3.8) is 0 Å². The predicted molar refractivity (Wildman–Crippen MR) is 101 cm³/mol. The number of benzene rings is 2. The molecule has 1 aromatic heterocycles. The van der Waals surface area contributed by atoms with E-state index in [1.165, 1.54) is 10.1 Å². The lowest BCUT2D eigenvalue weighted by molar-refractivity contribution is 0.264. The van der Waals surface area contributed by atoms with E-state index in [2.05, 4.69) is 36.2 Å². The molecule has 3 rings (SSSR count). The van der Waals surface area contributed by atoms with Crippen LogP contribution in [0.3, 0.4) is 0 Å². The maximum absolute atomic E-state index is 12.8. The topological polar surface area (TPSA) is 58.1 Å². The fraction of sp³-hybridized carbons (Fsp3) is 0.300. The van der Waals surface area contributed by atoms with Crippen LogP contribution >= 0.6 is 0 Å². The minimum Gasteiger partial charge on any atom is -0.307 e. The molecular weight excluding hydrogens is 314 g/mol. The molecule has 130 valence electrons. The molecule has 1 heterocycles. The maximum atomic E-state index is 12.8. The van der Waals surface area contributed by atoms with Crippen LogP contribution in [0.15, 0.2) is 58.1 Å². The lowest BCUT2D eigenvalue weighted by Gasteiger charge is -2.25. The molecule has 0 aliphatic rings. The molecule has 0 amide bonds. The average Bonchev–Trinajstić information content (AvgIpc) is 2.61. The fourth-order valence-electron chi connectivity index (χ4n) is 3.08. The van der Waals surface area contributed by atoms with Gasteiger partial charge in [0.1, 0.15) is 0 Å². The molecule has 0 saturated carbocycles. The van der Waals surface area contributed by atoms with E-state index < -0.39 is 0 Å². The zero-order valence-corrected chi connectivity index (χ0v) is 14.8. The standard InChI is InChI=1S/C20H23N3O2/c1-4-14-9-11-15(12-10-14)18(22(2)3)13-23-19(24)16-7-5-6-8-17(16)21-20(23)25/h5-12,18H,4,13H2,1-3H3,(H,21,25)/t18-/m0/s1. The second-order valence-corrected chi connectivity index (χ2v) is 6.47. The lowest BCUT2D eigenvalue weighted by atomic mass is 10.0. The van der Waals surface area contributed by atoms with E-state index >= 15 is 0 Å². The van der Waals surface area contributed by atoms with Crippen LogP contribution in [0.4, 0.5) is 0 Å². The highest BCUT2D eigenvalue weighted by Gasteiger charge is 2.18. The van der Waals surface area contributed by atoms with Gasteiger partial charge in [-0.25, -0.2) is 4.79 Å². The molecule has 0 saturated heterocycles. The summed E-state index contributed by atoms with van der Waals surface area (Å²) in [5, 5.41) is 0.529. The summed E-state index contributed by atoms with van der Waals surface area (Å²) in [5.41, 5.74) is 2.29. The van der Waals surface area contributed by atoms with Gasteiger partial charge >= 0.3 is 5.69 Å². The van der Waals surface area contributed by atoms with E-state index in [1.54, 1.807) is 24.3 Å². The molecule has 2 aromatic carbocycles. The van der Waals surface area contributed by atoms with Gasteiger partial charge in [0.2, 0.25) is 0 Å². The molecule has 25 heavy (non-hydrogen) atoms. The highest BCUT2D eigenvalue weighted by Crippen LogP contribution is 2.20. The van der Waals surface area contributed by atoms with Crippen LogP contribution in [-0.2, 0) is 13.0 Å². The van der Waals surface area contributed by atoms with Crippen molar-refractivity contribution in [1.29, 1.82) is 0 Å². The van der Waals surface area contributed by atoms with E-state index in [4.69, 9.17) is 0 Å². The highest BCUT2D eigenvalue weighted by atomic mass is 16.2. The fourth-order valence-corrected chi connectivity index (χ4v) is 3.08. The van der Waals surface area contributed by atoms with Crippen LogP contribution in [0, 0.1) is 0 Å². The summed E-state index contributed by atoms with van der Waals surface area (Å²) in [6, 6.07) is 15.4. The summed E-state index contributed by atoms with van der Waals surface area (Å²) in [4.78, 5) is 30.0. The zero-order chi connectivity index (χ0) is 18.0. The van der Waals surface area contributed by atoms with Gasteiger partial charge in [0.25, 0.3) is 5.56 Å². The minimum atomic E-state index is -0.374. The minimum absolute atomic E-state index is 0.0640. The molecule has 5 heteroatoms. The summed E-state index contributed by atoms with van der Waals surface area (Å²) in [6.45, 7) is 2.42. The van der Waals surface area contributed by atoms with Gasteiger partial charge in [0.05, 0.1) is 23.5 Å². The number of hydrogen-bond acceptors (Lipinski definition) is 3. The first-order valence-corrected chi connectivity index (χ1v) is 8.48. The monoisotopic (exact) mass is 337 g/mol. The third kappa shape index (κ3) is 3.42. The van der Waals surface area contributed by atoms with Crippen LogP contribution in [0.25, 0.3) is 10.9 Å². The van der Waals surface area contributed by atoms with E-state index in [9.17, 15) is 9.59 Å². The molecule has 0 aliphatic heterocycles. The van der Waals surface area contributed by atoms with E-state index in [0.717, 1.165) is 12.0 Å². The summed E-state index contributed by atoms with van der Waals surface area (Å²) in [6.07, 6.45) is 0.983. The molecule has 1 N–H and O–H groups in total. The molecule has 3 aromatic rings. The van der Waals surface area contributed by atoms with Gasteiger partial charge < -0.3 is 9.88 Å². The first-order chi connectivity index (χ1) is 12.0. The van der Waals surface area contributed by atoms with Crippen molar-refractivity contribution in [3.8, 4) is 0 Å². The van der Waals surface area contributed by atoms with Crippen molar-refractivity contribution in [2.45, 2.75) is 25.9 Å². The first-order valence-electron chi connectivity index (χ1n) is 8.48. The summed E-state index contributed by atoms with van der Waals surface area (Å²) in [5.74, 6) is 0. The zero-order valence-electron chi connectivity index (χ0n) is 14.8. The number of nitrogens with one attached hydrogen (secondary N) is 1. The Kier molecular flexibility index (Phi) is 4.86. The van der Waals surface area contributed by atoms with Gasteiger partial charge in [-0.1, -0.05) is 43.3 Å². The number of nitrogens with zero attached hydrogens (tertiary/aromatic N) is 2. The number of aryl methyl sites for hydroxylation is 1. The molecule has 0 radical (unpaired) electrons. The Morgan fingerprint density at radius 2 is 1.72 bits per heavy atom. The normalized spacial score (nSPS) is 12.6. The number of fused-ring (bicyclic) bond motifs is 1. The molecule has 0 bridgehead atoms. The Morgan fingerprint density at radius 1 is 1.04 bits per heavy atom. The highest BCUT2D eigenvalue weighted by molar-refractivity contribution is 5.76. The average molecular weight is 337 g/mol. The molecule has 0 fully saturated rings. The van der Waals surface area contributed by atoms with Crippen LogP contribution in [-0.4, -0.2) is 28.5 Å². The van der Waals surface area contributed by atoms with E-state index in [0.29, 0.717) is 17.4 Å². The van der Waals surface area contributed by atoms with E-state index in [1.807, 2.05) is 19.0 Å². The third-order valence-corrected chi connectivity index (χ3v) is 4.64. The number of aromatic nitrogens is 2. The van der Waals surface area contributed by atoms with Crippen molar-refractivity contribution < 1.29 is 0 Å². The van der Waals surface area contributed by atoms with Gasteiger partial charge in [-0.15, -0.1) is 0 Å². The molecule has 1 atom stereocenters. The predicted octanol–water partition coefficient (Wildman–Crippen LogP) is 2.56. The molecule has 0 unspecified atom stereocenters. The smallest absolute Gasteiger partial charge is 0.307 e. The Balaban J connectivity index is 2.04. The Labute approximate surface area is 146 Å². The Morgan fingerprint density at radius 3 is 2.36 bits per heavy atom. The summed E-state index contributed by atoms with van der Waals surface area (Å²) in [7, 11) is 3.91. The SMILES string of the molecule is CCc1ccc([C@H](Cn2c(=O)[nH]c3ccccc3c2=O)N(C)C)cc1. The van der Waals surface area contributed by atoms with Crippen molar-refractivity contribution in [3.05, 3.63) is 80.5 Å². The second-order valence-electron chi connectivity index (χ2n) is 6.47. The quantitative estimate of drug-likeness (QED) is 0.778. The number of hydrogen-bond donors (Lipinski definition) is 1. The van der Waals surface area contributed by atoms with Gasteiger partial charge in [-0.2, -0.15) is 0 Å². The number of H-pyrrole nitrogens is 1. The van der Waals surface area contributed by atoms with Crippen LogP contribution in [0.2, 0.25) is 0 Å². The maximum Gasteiger partial charge on any atom is 0.328 e. The molecular formula is C20H23N3O2. The van der Waals surface area contributed by atoms with E-state index in [-0.39, 0.29) is 17.3 Å². The van der Waals surface area contributed by atoms with Gasteiger partial charge in [-0.3, -0.25) is 9.36 Å². The third-order valence-electron chi connectivity index (χ3n) is 4.64. The number of rotatable bonds is 5. The number of likely N-dealkylation sites (N-methyl/N-ethyl adjacent to an activating group) is 1. The van der Waals surface area contributed by atoms with Crippen LogP contribution < -0.4 is 11.2 Å². The number of aromatic amines is 1. The summed E-state index contributed by atoms with van der Waals surface area (Å²) >= 11 is 0. The van der Waals surface area contributed by atoms with Gasteiger partial charge in [-0.05, 0) is 43.8 Å². The van der Waals surface area contributed by atoms with Crippen LogP contribution in [0.1, 0.15) is 24.1 Å². The van der Waals surface area contributed by atoms with Crippen molar-refractivity contribution >= 4 is 10.9 Å². The molecule has 0 aliphatic carbocycles. The second kappa shape index (κ2) is 7.07. The van der Waals surface area contributed by atoms with Crippen molar-refractivity contribution in [2.24, 2.45) is 0 Å². The van der Waals surface area contributed by atoms with Crippen molar-refractivity contribution in [1.82, 2.24) is 14.5 Å². The number of para-hydroxylation sites is 1. The largest absolute Gasteiger partial charge is 0.328 e.